The van der Waals surface area contributed by atoms with Gasteiger partial charge in [-0.15, -0.1) is 0 Å². The number of carbonyl (C=O) groups is 1. The van der Waals surface area contributed by atoms with Crippen molar-refractivity contribution < 1.29 is 14.1 Å². The van der Waals surface area contributed by atoms with E-state index >= 15 is 0 Å². The molecule has 0 radical (unpaired) electrons. The zero-order chi connectivity index (χ0) is 12.2. The van der Waals surface area contributed by atoms with Crippen molar-refractivity contribution in [3.63, 3.8) is 0 Å². The number of rotatable bonds is 5. The zero-order valence-electron chi connectivity index (χ0n) is 9.10. The number of hydrogen-bond acceptors (Lipinski definition) is 3. The topological polar surface area (TPSA) is 78.2 Å². The van der Waals surface area contributed by atoms with Gasteiger partial charge < -0.3 is 5.11 Å². The van der Waals surface area contributed by atoms with Gasteiger partial charge in [0.05, 0.1) is 16.1 Å². The number of benzene rings is 1. The Morgan fingerprint density at radius 2 is 1.94 bits per heavy atom. The molecule has 0 aliphatic rings. The molecule has 4 nitrogen and oxygen atoms in total. The molecule has 16 heavy (non-hydrogen) atoms. The fourth-order valence-electron chi connectivity index (χ4n) is 1.29. The zero-order valence-corrected chi connectivity index (χ0v) is 9.92. The molecule has 0 saturated carbocycles. The lowest BCUT2D eigenvalue weighted by Gasteiger charge is -2.06. The monoisotopic (exact) mass is 241 g/mol. The predicted molar refractivity (Wildman–Crippen MR) is 62.1 cm³/mol. The first-order chi connectivity index (χ1) is 7.45. The molecule has 88 valence electrons. The second kappa shape index (κ2) is 5.12. The van der Waals surface area contributed by atoms with Crippen molar-refractivity contribution >= 4 is 15.7 Å². The highest BCUT2D eigenvalue weighted by Crippen LogP contribution is 2.14. The van der Waals surface area contributed by atoms with Crippen molar-refractivity contribution in [1.82, 2.24) is 0 Å². The van der Waals surface area contributed by atoms with Crippen LogP contribution in [0.5, 0.6) is 0 Å². The minimum absolute atomic E-state index is 0.131. The van der Waals surface area contributed by atoms with Crippen LogP contribution in [0.15, 0.2) is 29.2 Å². The molecule has 0 amide bonds. The van der Waals surface area contributed by atoms with Gasteiger partial charge in [-0.1, -0.05) is 19.1 Å². The molecule has 1 atom stereocenters. The lowest BCUT2D eigenvalue weighted by Crippen LogP contribution is -2.09. The molecular formula is C11H15NO3S. The van der Waals surface area contributed by atoms with Crippen LogP contribution in [0.4, 0.5) is 0 Å². The highest BCUT2D eigenvalue weighted by atomic mass is 32.2. The van der Waals surface area contributed by atoms with Gasteiger partial charge in [-0.3, -0.25) is 4.79 Å². The van der Waals surface area contributed by atoms with Crippen LogP contribution in [0.2, 0.25) is 0 Å². The van der Waals surface area contributed by atoms with E-state index in [1.54, 1.807) is 12.1 Å². The fraction of sp³-hybridized carbons (Fsp3) is 0.364. The Balaban J connectivity index is 2.85. The minimum Gasteiger partial charge on any atom is -0.481 e. The molecule has 0 saturated heterocycles. The van der Waals surface area contributed by atoms with Crippen LogP contribution in [0, 0.1) is 4.78 Å². The summed E-state index contributed by atoms with van der Waals surface area (Å²) in [4.78, 5) is 10.8. The first-order valence-electron chi connectivity index (χ1n) is 5.03. The SMILES string of the molecule is CCc1ccc(S(=N)(=O)CCC(=O)O)cc1. The summed E-state index contributed by atoms with van der Waals surface area (Å²) in [6.07, 6.45) is 0.645. The van der Waals surface area contributed by atoms with E-state index in [-0.39, 0.29) is 12.2 Å². The summed E-state index contributed by atoms with van der Waals surface area (Å²) in [6, 6.07) is 6.95. The molecule has 0 aromatic heterocycles. The molecule has 0 spiro atoms. The maximum absolute atomic E-state index is 11.9. The molecular weight excluding hydrogens is 226 g/mol. The quantitative estimate of drug-likeness (QED) is 0.828. The Kier molecular flexibility index (Phi) is 4.06. The van der Waals surface area contributed by atoms with Crippen molar-refractivity contribution in [2.75, 3.05) is 5.75 Å². The third-order valence-electron chi connectivity index (χ3n) is 2.32. The molecule has 2 N–H and O–H groups in total. The first kappa shape index (κ1) is 12.7. The number of aliphatic carboxylic acids is 1. The molecule has 0 aliphatic carbocycles. The van der Waals surface area contributed by atoms with E-state index in [9.17, 15) is 9.00 Å². The summed E-state index contributed by atoms with van der Waals surface area (Å²) >= 11 is 0. The maximum atomic E-state index is 11.9. The second-order valence-electron chi connectivity index (χ2n) is 3.52. The van der Waals surface area contributed by atoms with Gasteiger partial charge in [0, 0.05) is 10.6 Å². The third kappa shape index (κ3) is 3.34. The average molecular weight is 241 g/mol. The fourth-order valence-corrected chi connectivity index (χ4v) is 2.57. The van der Waals surface area contributed by atoms with Crippen LogP contribution < -0.4 is 0 Å². The molecule has 0 heterocycles. The summed E-state index contributed by atoms with van der Waals surface area (Å²) in [7, 11) is -2.96. The molecule has 1 unspecified atom stereocenters. The van der Waals surface area contributed by atoms with E-state index in [1.807, 2.05) is 19.1 Å². The summed E-state index contributed by atoms with van der Waals surface area (Å²) in [6.45, 7) is 2.01. The Bertz CT molecular complexity index is 463. The van der Waals surface area contributed by atoms with Gasteiger partial charge in [-0.25, -0.2) is 8.99 Å². The lowest BCUT2D eigenvalue weighted by molar-refractivity contribution is -0.136. The average Bonchev–Trinajstić information content (AvgIpc) is 2.27. The Morgan fingerprint density at radius 3 is 2.38 bits per heavy atom. The summed E-state index contributed by atoms with van der Waals surface area (Å²) in [5, 5.41) is 8.50. The molecule has 5 heteroatoms. The highest BCUT2D eigenvalue weighted by Gasteiger charge is 2.11. The van der Waals surface area contributed by atoms with Crippen LogP contribution in [0.1, 0.15) is 18.9 Å². The first-order valence-corrected chi connectivity index (χ1v) is 6.75. The highest BCUT2D eigenvalue weighted by molar-refractivity contribution is 7.92. The lowest BCUT2D eigenvalue weighted by atomic mass is 10.2. The van der Waals surface area contributed by atoms with E-state index in [2.05, 4.69) is 0 Å². The van der Waals surface area contributed by atoms with Gasteiger partial charge in [-0.2, -0.15) is 0 Å². The van der Waals surface area contributed by atoms with Crippen LogP contribution in [0.25, 0.3) is 0 Å². The van der Waals surface area contributed by atoms with Gasteiger partial charge in [0.25, 0.3) is 0 Å². The van der Waals surface area contributed by atoms with E-state index in [0.717, 1.165) is 12.0 Å². The van der Waals surface area contributed by atoms with Gasteiger partial charge in [0.15, 0.2) is 0 Å². The molecule has 1 rings (SSSR count). The summed E-state index contributed by atoms with van der Waals surface area (Å²) < 4.78 is 19.5. The largest absolute Gasteiger partial charge is 0.481 e. The van der Waals surface area contributed by atoms with Crippen LogP contribution in [-0.4, -0.2) is 21.0 Å². The van der Waals surface area contributed by atoms with Crippen molar-refractivity contribution in [2.24, 2.45) is 0 Å². The summed E-state index contributed by atoms with van der Waals surface area (Å²) in [5.74, 6) is -1.15. The number of carboxylic acids is 1. The summed E-state index contributed by atoms with van der Waals surface area (Å²) in [5.41, 5.74) is 1.11. The van der Waals surface area contributed by atoms with Crippen molar-refractivity contribution in [1.29, 1.82) is 4.78 Å². The van der Waals surface area contributed by atoms with Crippen LogP contribution >= 0.6 is 0 Å². The maximum Gasteiger partial charge on any atom is 0.304 e. The van der Waals surface area contributed by atoms with Gasteiger partial charge in [-0.05, 0) is 24.1 Å². The predicted octanol–water partition coefficient (Wildman–Crippen LogP) is 2.13. The van der Waals surface area contributed by atoms with E-state index in [0.29, 0.717) is 4.90 Å². The Hall–Kier alpha value is -1.36. The second-order valence-corrected chi connectivity index (χ2v) is 5.75. The molecule has 1 aromatic carbocycles. The normalized spacial score (nSPS) is 14.3. The minimum atomic E-state index is -2.96. The van der Waals surface area contributed by atoms with Crippen LogP contribution in [-0.2, 0) is 20.9 Å². The van der Waals surface area contributed by atoms with E-state index in [4.69, 9.17) is 9.89 Å². The van der Waals surface area contributed by atoms with Crippen molar-refractivity contribution in [2.45, 2.75) is 24.7 Å². The number of carboxylic acid groups (broad SMARTS) is 1. The van der Waals surface area contributed by atoms with Gasteiger partial charge >= 0.3 is 5.97 Å². The molecule has 0 fully saturated rings. The number of hydrogen-bond donors (Lipinski definition) is 2. The number of aryl methyl sites for hydroxylation is 1. The smallest absolute Gasteiger partial charge is 0.304 e. The van der Waals surface area contributed by atoms with Crippen LogP contribution in [0.3, 0.4) is 0 Å². The van der Waals surface area contributed by atoms with Gasteiger partial charge in [0.2, 0.25) is 0 Å². The van der Waals surface area contributed by atoms with Crippen molar-refractivity contribution in [3.05, 3.63) is 29.8 Å². The Labute approximate surface area is 95.3 Å². The third-order valence-corrected chi connectivity index (χ3v) is 4.13. The molecule has 0 aliphatic heterocycles. The van der Waals surface area contributed by atoms with Gasteiger partial charge in [0.1, 0.15) is 0 Å². The molecule has 1 aromatic rings. The van der Waals surface area contributed by atoms with Crippen molar-refractivity contribution in [3.8, 4) is 0 Å². The standard InChI is InChI=1S/C11H15NO3S/c1-2-9-3-5-10(6-4-9)16(12,15)8-7-11(13)14/h3-6,12H,2,7-8H2,1H3,(H,13,14). The van der Waals surface area contributed by atoms with E-state index in [1.165, 1.54) is 0 Å². The number of nitrogens with one attached hydrogen (secondary N) is 1. The van der Waals surface area contributed by atoms with E-state index < -0.39 is 15.7 Å². The Morgan fingerprint density at radius 1 is 1.38 bits per heavy atom. The molecule has 0 bridgehead atoms.